The summed E-state index contributed by atoms with van der Waals surface area (Å²) < 4.78 is 1.77. The molecule has 0 N–H and O–H groups in total. The lowest BCUT2D eigenvalue weighted by Crippen LogP contribution is -2.06. The van der Waals surface area contributed by atoms with Crippen LogP contribution in [0.25, 0.3) is 17.1 Å². The smallest absolute Gasteiger partial charge is 0.163 e. The number of Topliss-reactive ketones (excluding diaryl/α,β-unsaturated/α-hetero) is 1. The summed E-state index contributed by atoms with van der Waals surface area (Å²) in [6.45, 7) is 0.670. The molecule has 0 fully saturated rings. The largest absolute Gasteiger partial charge is 0.294 e. The highest BCUT2D eigenvalue weighted by molar-refractivity contribution is 6.16. The van der Waals surface area contributed by atoms with Gasteiger partial charge in [0.1, 0.15) is 5.52 Å². The van der Waals surface area contributed by atoms with Crippen molar-refractivity contribution < 1.29 is 4.79 Å². The number of carbonyl (C=O) groups is 1. The standard InChI is InChI=1S/C26H20N4O/c1-30-24-8-7-17(14-23(24)28-29-30)26-22-13-19-11-20(10-18(19)12-21(22)15-27-26)25(31)9-16-5-3-2-4-6-16/h2-8,11-14H,9-10,15H2,1H3. The van der Waals surface area contributed by atoms with Gasteiger partial charge >= 0.3 is 0 Å². The van der Waals surface area contributed by atoms with Gasteiger partial charge in [-0.1, -0.05) is 47.7 Å². The maximum atomic E-state index is 12.8. The maximum Gasteiger partial charge on any atom is 0.163 e. The summed E-state index contributed by atoms with van der Waals surface area (Å²) in [5.41, 5.74) is 10.6. The molecule has 0 amide bonds. The van der Waals surface area contributed by atoms with Crippen molar-refractivity contribution >= 4 is 28.6 Å². The summed E-state index contributed by atoms with van der Waals surface area (Å²) in [4.78, 5) is 17.7. The predicted molar refractivity (Wildman–Crippen MR) is 121 cm³/mol. The van der Waals surface area contributed by atoms with Gasteiger partial charge in [-0.15, -0.1) is 5.10 Å². The van der Waals surface area contributed by atoms with Gasteiger partial charge in [-0.25, -0.2) is 4.68 Å². The Morgan fingerprint density at radius 1 is 1.03 bits per heavy atom. The van der Waals surface area contributed by atoms with Crippen LogP contribution in [-0.4, -0.2) is 26.5 Å². The van der Waals surface area contributed by atoms with E-state index in [1.807, 2.05) is 49.5 Å². The van der Waals surface area contributed by atoms with Crippen LogP contribution in [0.5, 0.6) is 0 Å². The van der Waals surface area contributed by atoms with Crippen LogP contribution >= 0.6 is 0 Å². The van der Waals surface area contributed by atoms with Crippen LogP contribution in [0.3, 0.4) is 0 Å². The van der Waals surface area contributed by atoms with E-state index in [4.69, 9.17) is 4.99 Å². The first-order valence-corrected chi connectivity index (χ1v) is 10.4. The number of aromatic nitrogens is 3. The number of hydrogen-bond acceptors (Lipinski definition) is 4. The second-order valence-electron chi connectivity index (χ2n) is 8.22. The van der Waals surface area contributed by atoms with Crippen molar-refractivity contribution in [1.82, 2.24) is 15.0 Å². The Hall–Kier alpha value is -3.86. The zero-order valence-electron chi connectivity index (χ0n) is 17.2. The Balaban J connectivity index is 1.31. The minimum atomic E-state index is 0.199. The topological polar surface area (TPSA) is 60.1 Å². The number of allylic oxidation sites excluding steroid dienone is 1. The molecule has 5 heteroatoms. The molecule has 0 radical (unpaired) electrons. The molecule has 0 unspecified atom stereocenters. The highest BCUT2D eigenvalue weighted by atomic mass is 16.1. The SMILES string of the molecule is Cn1nnc2cc(C3=NCc4cc5c(cc43)C=C(C(=O)Cc3ccccc3)C5)ccc21. The van der Waals surface area contributed by atoms with Gasteiger partial charge in [0.25, 0.3) is 0 Å². The van der Waals surface area contributed by atoms with E-state index in [0.29, 0.717) is 19.4 Å². The molecule has 1 aliphatic carbocycles. The molecule has 0 atom stereocenters. The van der Waals surface area contributed by atoms with E-state index >= 15 is 0 Å². The van der Waals surface area contributed by atoms with Crippen LogP contribution in [0.15, 0.2) is 71.2 Å². The number of fused-ring (bicyclic) bond motifs is 3. The van der Waals surface area contributed by atoms with E-state index < -0.39 is 0 Å². The second kappa shape index (κ2) is 6.84. The Labute approximate surface area is 179 Å². The third kappa shape index (κ3) is 3.01. The zero-order chi connectivity index (χ0) is 20.9. The average Bonchev–Trinajstić information content (AvgIpc) is 3.49. The molecule has 31 heavy (non-hydrogen) atoms. The first-order valence-electron chi connectivity index (χ1n) is 10.4. The van der Waals surface area contributed by atoms with Crippen molar-refractivity contribution in [2.24, 2.45) is 12.0 Å². The van der Waals surface area contributed by atoms with E-state index in [2.05, 4.69) is 34.6 Å². The Morgan fingerprint density at radius 3 is 2.77 bits per heavy atom. The number of aryl methyl sites for hydroxylation is 1. The van der Waals surface area contributed by atoms with Gasteiger partial charge in [0.15, 0.2) is 5.78 Å². The highest BCUT2D eigenvalue weighted by Gasteiger charge is 2.24. The van der Waals surface area contributed by atoms with Crippen molar-refractivity contribution in [2.75, 3.05) is 0 Å². The minimum Gasteiger partial charge on any atom is -0.294 e. The van der Waals surface area contributed by atoms with Crippen molar-refractivity contribution in [3.05, 3.63) is 99.6 Å². The summed E-state index contributed by atoms with van der Waals surface area (Å²) in [6.07, 6.45) is 3.21. The summed E-state index contributed by atoms with van der Waals surface area (Å²) in [6, 6.07) is 20.5. The van der Waals surface area contributed by atoms with Gasteiger partial charge in [0, 0.05) is 36.6 Å². The lowest BCUT2D eigenvalue weighted by atomic mass is 9.95. The van der Waals surface area contributed by atoms with Crippen LogP contribution in [-0.2, 0) is 31.2 Å². The molecule has 150 valence electrons. The van der Waals surface area contributed by atoms with Gasteiger partial charge in [0.2, 0.25) is 0 Å². The molecular weight excluding hydrogens is 384 g/mol. The van der Waals surface area contributed by atoms with E-state index in [1.165, 1.54) is 11.1 Å². The molecule has 0 saturated heterocycles. The van der Waals surface area contributed by atoms with Crippen molar-refractivity contribution in [2.45, 2.75) is 19.4 Å². The number of rotatable bonds is 4. The molecule has 0 bridgehead atoms. The number of hydrogen-bond donors (Lipinski definition) is 0. The van der Waals surface area contributed by atoms with Gasteiger partial charge in [0.05, 0.1) is 17.8 Å². The number of benzene rings is 3. The average molecular weight is 404 g/mol. The fourth-order valence-electron chi connectivity index (χ4n) is 4.55. The van der Waals surface area contributed by atoms with Gasteiger partial charge < -0.3 is 0 Å². The molecule has 1 aliphatic heterocycles. The molecule has 0 saturated carbocycles. The molecule has 4 aromatic rings. The first-order chi connectivity index (χ1) is 15.2. The van der Waals surface area contributed by atoms with Crippen LogP contribution in [0.2, 0.25) is 0 Å². The minimum absolute atomic E-state index is 0.199. The van der Waals surface area contributed by atoms with Gasteiger partial charge in [-0.05, 0) is 46.5 Å². The van der Waals surface area contributed by atoms with E-state index in [-0.39, 0.29) is 5.78 Å². The van der Waals surface area contributed by atoms with Crippen molar-refractivity contribution in [1.29, 1.82) is 0 Å². The first kappa shape index (κ1) is 18.0. The van der Waals surface area contributed by atoms with E-state index in [1.54, 1.807) is 4.68 Å². The Bertz CT molecular complexity index is 1430. The lowest BCUT2D eigenvalue weighted by Gasteiger charge is -2.07. The van der Waals surface area contributed by atoms with Crippen LogP contribution < -0.4 is 0 Å². The predicted octanol–water partition coefficient (Wildman–Crippen LogP) is 4.07. The fraction of sp³-hybridized carbons (Fsp3) is 0.154. The zero-order valence-corrected chi connectivity index (χ0v) is 17.2. The Morgan fingerprint density at radius 2 is 1.90 bits per heavy atom. The number of nitrogens with zero attached hydrogens (tertiary/aromatic N) is 4. The molecule has 3 aromatic carbocycles. The molecule has 1 aromatic heterocycles. The van der Waals surface area contributed by atoms with Crippen molar-refractivity contribution in [3.8, 4) is 0 Å². The summed E-state index contributed by atoms with van der Waals surface area (Å²) >= 11 is 0. The van der Waals surface area contributed by atoms with Crippen LogP contribution in [0, 0.1) is 0 Å². The highest BCUT2D eigenvalue weighted by Crippen LogP contribution is 2.33. The number of aliphatic imine (C=N–C) groups is 1. The Kier molecular flexibility index (Phi) is 3.96. The summed E-state index contributed by atoms with van der Waals surface area (Å²) in [5.74, 6) is 0.199. The van der Waals surface area contributed by atoms with Gasteiger partial charge in [-0.3, -0.25) is 9.79 Å². The third-order valence-electron chi connectivity index (χ3n) is 6.19. The quantitative estimate of drug-likeness (QED) is 0.515. The molecule has 2 heterocycles. The molecule has 5 nitrogen and oxygen atoms in total. The molecule has 6 rings (SSSR count). The molecule has 2 aliphatic rings. The third-order valence-corrected chi connectivity index (χ3v) is 6.19. The lowest BCUT2D eigenvalue weighted by molar-refractivity contribution is -0.114. The normalized spacial score (nSPS) is 14.4. The summed E-state index contributed by atoms with van der Waals surface area (Å²) in [5, 5.41) is 8.34. The monoisotopic (exact) mass is 404 g/mol. The van der Waals surface area contributed by atoms with E-state index in [9.17, 15) is 4.79 Å². The number of ketones is 1. The van der Waals surface area contributed by atoms with E-state index in [0.717, 1.165) is 44.6 Å². The van der Waals surface area contributed by atoms with Crippen molar-refractivity contribution in [3.63, 3.8) is 0 Å². The summed E-state index contributed by atoms with van der Waals surface area (Å²) in [7, 11) is 1.89. The maximum absolute atomic E-state index is 12.8. The van der Waals surface area contributed by atoms with Gasteiger partial charge in [-0.2, -0.15) is 0 Å². The second-order valence-corrected chi connectivity index (χ2v) is 8.22. The molecular formula is C26H20N4O. The van der Waals surface area contributed by atoms with Crippen LogP contribution in [0.4, 0.5) is 0 Å². The molecule has 0 spiro atoms. The van der Waals surface area contributed by atoms with Crippen LogP contribution in [0.1, 0.15) is 33.4 Å². The number of carbonyl (C=O) groups excluding carboxylic acids is 1. The fourth-order valence-corrected chi connectivity index (χ4v) is 4.55.